The maximum atomic E-state index is 12.4. The zero-order valence-corrected chi connectivity index (χ0v) is 11.8. The first-order chi connectivity index (χ1) is 11.3. The first-order valence-electron chi connectivity index (χ1n) is 6.80. The van der Waals surface area contributed by atoms with E-state index < -0.39 is 0 Å². The second kappa shape index (κ2) is 5.37. The van der Waals surface area contributed by atoms with Crippen LogP contribution in [0.3, 0.4) is 0 Å². The zero-order valence-electron chi connectivity index (χ0n) is 11.8. The van der Waals surface area contributed by atoms with Crippen molar-refractivity contribution in [2.75, 3.05) is 0 Å². The average molecular weight is 306 g/mol. The fourth-order valence-corrected chi connectivity index (χ4v) is 2.29. The van der Waals surface area contributed by atoms with Gasteiger partial charge in [0.05, 0.1) is 6.54 Å². The summed E-state index contributed by atoms with van der Waals surface area (Å²) in [7, 11) is 0. The standard InChI is InChI=1S/C14H10N8O/c23-14-11-13(16-5-4-15-11)17-8-22(14)7-9-2-1-3-10(6-9)12-18-20-21-19-12/h1-6,8H,7H2,(H,18,19,20,21). The highest BCUT2D eigenvalue weighted by Crippen LogP contribution is 2.15. The minimum absolute atomic E-state index is 0.229. The van der Waals surface area contributed by atoms with Gasteiger partial charge >= 0.3 is 0 Å². The Morgan fingerprint density at radius 1 is 1.13 bits per heavy atom. The normalized spacial score (nSPS) is 11.0. The van der Waals surface area contributed by atoms with Gasteiger partial charge in [-0.25, -0.2) is 15.0 Å². The first kappa shape index (κ1) is 13.2. The molecule has 9 nitrogen and oxygen atoms in total. The number of aromatic nitrogens is 8. The van der Waals surface area contributed by atoms with E-state index in [-0.39, 0.29) is 11.1 Å². The Balaban J connectivity index is 1.73. The van der Waals surface area contributed by atoms with Gasteiger partial charge in [-0.1, -0.05) is 18.2 Å². The third kappa shape index (κ3) is 2.44. The molecule has 1 N–H and O–H groups in total. The van der Waals surface area contributed by atoms with Crippen molar-refractivity contribution >= 4 is 11.2 Å². The lowest BCUT2D eigenvalue weighted by atomic mass is 10.1. The summed E-state index contributed by atoms with van der Waals surface area (Å²) in [5, 5.41) is 13.9. The van der Waals surface area contributed by atoms with E-state index in [0.717, 1.165) is 11.1 Å². The Labute approximate surface area is 129 Å². The molecule has 0 saturated carbocycles. The average Bonchev–Trinajstić information content (AvgIpc) is 3.13. The van der Waals surface area contributed by atoms with Crippen LogP contribution in [0, 0.1) is 0 Å². The highest BCUT2D eigenvalue weighted by atomic mass is 16.1. The lowest BCUT2D eigenvalue weighted by Gasteiger charge is -2.06. The van der Waals surface area contributed by atoms with Crippen LogP contribution in [0.1, 0.15) is 5.56 Å². The van der Waals surface area contributed by atoms with Crippen molar-refractivity contribution in [2.24, 2.45) is 0 Å². The van der Waals surface area contributed by atoms with E-state index in [1.54, 1.807) is 0 Å². The lowest BCUT2D eigenvalue weighted by molar-refractivity contribution is 0.744. The van der Waals surface area contributed by atoms with Crippen LogP contribution in [0.25, 0.3) is 22.6 Å². The number of hydrogen-bond acceptors (Lipinski definition) is 7. The lowest BCUT2D eigenvalue weighted by Crippen LogP contribution is -2.22. The Morgan fingerprint density at radius 3 is 2.91 bits per heavy atom. The van der Waals surface area contributed by atoms with E-state index >= 15 is 0 Å². The molecule has 1 aromatic carbocycles. The molecule has 0 aliphatic rings. The molecule has 0 radical (unpaired) electrons. The Kier molecular flexibility index (Phi) is 3.08. The number of hydrogen-bond donors (Lipinski definition) is 1. The summed E-state index contributed by atoms with van der Waals surface area (Å²) in [6, 6.07) is 7.57. The third-order valence-corrected chi connectivity index (χ3v) is 3.35. The molecule has 23 heavy (non-hydrogen) atoms. The van der Waals surface area contributed by atoms with E-state index in [4.69, 9.17) is 0 Å². The molecule has 0 unspecified atom stereocenters. The van der Waals surface area contributed by atoms with E-state index in [1.807, 2.05) is 24.3 Å². The molecular weight excluding hydrogens is 296 g/mol. The maximum Gasteiger partial charge on any atom is 0.281 e. The van der Waals surface area contributed by atoms with Crippen LogP contribution < -0.4 is 5.56 Å². The third-order valence-electron chi connectivity index (χ3n) is 3.35. The summed E-state index contributed by atoms with van der Waals surface area (Å²) in [5.74, 6) is 0.502. The Hall–Kier alpha value is -3.49. The molecule has 4 rings (SSSR count). The van der Waals surface area contributed by atoms with E-state index in [1.165, 1.54) is 23.3 Å². The largest absolute Gasteiger partial charge is 0.293 e. The quantitative estimate of drug-likeness (QED) is 0.583. The van der Waals surface area contributed by atoms with Gasteiger partial charge in [0.25, 0.3) is 5.56 Å². The minimum atomic E-state index is -0.229. The van der Waals surface area contributed by atoms with Crippen LogP contribution >= 0.6 is 0 Å². The number of rotatable bonds is 3. The molecule has 9 heteroatoms. The Bertz CT molecular complexity index is 1020. The van der Waals surface area contributed by atoms with Gasteiger partial charge in [0.15, 0.2) is 11.2 Å². The summed E-state index contributed by atoms with van der Waals surface area (Å²) < 4.78 is 1.49. The topological polar surface area (TPSA) is 115 Å². The number of aromatic amines is 1. The number of H-pyrrole nitrogens is 1. The molecule has 0 aliphatic carbocycles. The molecule has 3 heterocycles. The van der Waals surface area contributed by atoms with Crippen LogP contribution in [0.5, 0.6) is 0 Å². The minimum Gasteiger partial charge on any atom is -0.293 e. The molecule has 3 aromatic heterocycles. The molecule has 4 aromatic rings. The molecule has 0 amide bonds. The van der Waals surface area contributed by atoms with Gasteiger partial charge in [-0.2, -0.15) is 5.21 Å². The predicted molar refractivity (Wildman–Crippen MR) is 80.3 cm³/mol. The second-order valence-electron chi connectivity index (χ2n) is 4.84. The molecule has 112 valence electrons. The molecule has 0 fully saturated rings. The molecule has 0 bridgehead atoms. The molecule has 0 atom stereocenters. The Morgan fingerprint density at radius 2 is 2.04 bits per heavy atom. The van der Waals surface area contributed by atoms with Gasteiger partial charge in [-0.05, 0) is 16.8 Å². The molecule has 0 saturated heterocycles. The number of fused-ring (bicyclic) bond motifs is 1. The van der Waals surface area contributed by atoms with Crippen molar-refractivity contribution in [2.45, 2.75) is 6.54 Å². The van der Waals surface area contributed by atoms with Gasteiger partial charge in [0.1, 0.15) is 6.33 Å². The maximum absolute atomic E-state index is 12.4. The second-order valence-corrected chi connectivity index (χ2v) is 4.84. The van der Waals surface area contributed by atoms with E-state index in [0.29, 0.717) is 18.0 Å². The summed E-state index contributed by atoms with van der Waals surface area (Å²) in [4.78, 5) is 24.7. The summed E-state index contributed by atoms with van der Waals surface area (Å²) in [5.41, 5.74) is 2.10. The van der Waals surface area contributed by atoms with Gasteiger partial charge in [0.2, 0.25) is 5.82 Å². The first-order valence-corrected chi connectivity index (χ1v) is 6.80. The van der Waals surface area contributed by atoms with Crippen molar-refractivity contribution in [1.29, 1.82) is 0 Å². The van der Waals surface area contributed by atoms with E-state index in [2.05, 4.69) is 35.6 Å². The highest BCUT2D eigenvalue weighted by Gasteiger charge is 2.08. The fraction of sp³-hybridized carbons (Fsp3) is 0.0714. The van der Waals surface area contributed by atoms with Gasteiger partial charge < -0.3 is 0 Å². The number of benzene rings is 1. The van der Waals surface area contributed by atoms with Crippen molar-refractivity contribution in [3.63, 3.8) is 0 Å². The summed E-state index contributed by atoms with van der Waals surface area (Å²) in [6.07, 6.45) is 4.46. The SMILES string of the molecule is O=c1c2nccnc2ncn1Cc1cccc(-c2nn[nH]n2)c1. The monoisotopic (exact) mass is 306 g/mol. The number of nitrogens with zero attached hydrogens (tertiary/aromatic N) is 7. The van der Waals surface area contributed by atoms with Crippen molar-refractivity contribution in [1.82, 2.24) is 40.1 Å². The van der Waals surface area contributed by atoms with Crippen LogP contribution in [0.15, 0.2) is 47.8 Å². The van der Waals surface area contributed by atoms with Crippen LogP contribution in [-0.2, 0) is 6.54 Å². The van der Waals surface area contributed by atoms with Gasteiger partial charge in [0, 0.05) is 18.0 Å². The summed E-state index contributed by atoms with van der Waals surface area (Å²) >= 11 is 0. The van der Waals surface area contributed by atoms with Crippen molar-refractivity contribution in [3.05, 3.63) is 58.9 Å². The van der Waals surface area contributed by atoms with Crippen LogP contribution in [0.2, 0.25) is 0 Å². The fourth-order valence-electron chi connectivity index (χ4n) is 2.29. The molecular formula is C14H10N8O. The number of tetrazole rings is 1. The van der Waals surface area contributed by atoms with Crippen molar-refractivity contribution in [3.8, 4) is 11.4 Å². The van der Waals surface area contributed by atoms with Gasteiger partial charge in [-0.15, -0.1) is 10.2 Å². The highest BCUT2D eigenvalue weighted by molar-refractivity contribution is 5.67. The molecule has 0 spiro atoms. The van der Waals surface area contributed by atoms with Crippen LogP contribution in [0.4, 0.5) is 0 Å². The smallest absolute Gasteiger partial charge is 0.281 e. The number of nitrogens with one attached hydrogen (secondary N) is 1. The van der Waals surface area contributed by atoms with Crippen LogP contribution in [-0.4, -0.2) is 40.1 Å². The van der Waals surface area contributed by atoms with Crippen molar-refractivity contribution < 1.29 is 0 Å². The van der Waals surface area contributed by atoms with Gasteiger partial charge in [-0.3, -0.25) is 9.36 Å². The molecule has 0 aliphatic heterocycles. The zero-order chi connectivity index (χ0) is 15.6. The van der Waals surface area contributed by atoms with E-state index in [9.17, 15) is 4.79 Å². The summed E-state index contributed by atoms with van der Waals surface area (Å²) in [6.45, 7) is 0.365. The predicted octanol–water partition coefficient (Wildman–Crippen LogP) is 0.415.